The zero-order valence-electron chi connectivity index (χ0n) is 10.8. The van der Waals surface area contributed by atoms with Gasteiger partial charge in [-0.3, -0.25) is 10.6 Å². The Morgan fingerprint density at radius 3 is 2.61 bits per heavy atom. The monoisotopic (exact) mass is 265 g/mol. The Kier molecular flexibility index (Phi) is 3.82. The molecule has 0 aromatic heterocycles. The van der Waals surface area contributed by atoms with E-state index in [2.05, 4.69) is 19.3 Å². The highest BCUT2D eigenvalue weighted by atomic mass is 32.2. The molecule has 1 aliphatic rings. The Morgan fingerprint density at radius 1 is 1.39 bits per heavy atom. The fourth-order valence-corrected chi connectivity index (χ4v) is 3.19. The molecule has 1 saturated heterocycles. The van der Waals surface area contributed by atoms with Crippen molar-refractivity contribution in [2.45, 2.75) is 18.6 Å². The zero-order chi connectivity index (χ0) is 13.2. The predicted molar refractivity (Wildman–Crippen MR) is 76.7 cm³/mol. The highest BCUT2D eigenvalue weighted by Crippen LogP contribution is 2.30. The normalized spacial score (nSPS) is 18.5. The summed E-state index contributed by atoms with van der Waals surface area (Å²) in [4.78, 5) is 14.3. The summed E-state index contributed by atoms with van der Waals surface area (Å²) in [7, 11) is 0. The number of benzene rings is 1. The SMILES string of the molecule is CC1(C)CN(C(=O)c2ccc(NN)cc2)CCS1. The molecule has 0 saturated carbocycles. The van der Waals surface area contributed by atoms with Crippen molar-refractivity contribution in [1.29, 1.82) is 0 Å². The maximum Gasteiger partial charge on any atom is 0.253 e. The summed E-state index contributed by atoms with van der Waals surface area (Å²) in [6.45, 7) is 5.98. The van der Waals surface area contributed by atoms with E-state index in [9.17, 15) is 4.79 Å². The molecule has 0 spiro atoms. The van der Waals surface area contributed by atoms with Crippen molar-refractivity contribution in [3.63, 3.8) is 0 Å². The van der Waals surface area contributed by atoms with E-state index in [1.165, 1.54) is 0 Å². The molecule has 0 unspecified atom stereocenters. The maximum absolute atomic E-state index is 12.4. The van der Waals surface area contributed by atoms with E-state index in [1.54, 1.807) is 0 Å². The molecule has 3 N–H and O–H groups in total. The van der Waals surface area contributed by atoms with Crippen LogP contribution in [-0.4, -0.2) is 34.4 Å². The lowest BCUT2D eigenvalue weighted by molar-refractivity contribution is 0.0748. The van der Waals surface area contributed by atoms with E-state index in [4.69, 9.17) is 5.84 Å². The van der Waals surface area contributed by atoms with Gasteiger partial charge in [-0.2, -0.15) is 11.8 Å². The summed E-state index contributed by atoms with van der Waals surface area (Å²) in [6, 6.07) is 7.26. The van der Waals surface area contributed by atoms with Crippen LogP contribution in [0, 0.1) is 0 Å². The first-order chi connectivity index (χ1) is 8.52. The minimum absolute atomic E-state index is 0.104. The number of hydrazine groups is 1. The second-order valence-electron chi connectivity index (χ2n) is 5.06. The van der Waals surface area contributed by atoms with Crippen molar-refractivity contribution in [2.75, 3.05) is 24.3 Å². The molecule has 18 heavy (non-hydrogen) atoms. The molecule has 0 aliphatic carbocycles. The number of amides is 1. The average molecular weight is 265 g/mol. The number of hydrogen-bond donors (Lipinski definition) is 2. The van der Waals surface area contributed by atoms with Gasteiger partial charge in [0.25, 0.3) is 5.91 Å². The number of nitrogens with one attached hydrogen (secondary N) is 1. The predicted octanol–water partition coefficient (Wildman–Crippen LogP) is 1.94. The second kappa shape index (κ2) is 5.20. The van der Waals surface area contributed by atoms with Gasteiger partial charge in [0.15, 0.2) is 0 Å². The quantitative estimate of drug-likeness (QED) is 0.634. The van der Waals surface area contributed by atoms with Gasteiger partial charge in [0, 0.05) is 34.8 Å². The number of hydrogen-bond acceptors (Lipinski definition) is 4. The smallest absolute Gasteiger partial charge is 0.253 e. The molecule has 1 aromatic carbocycles. The van der Waals surface area contributed by atoms with E-state index in [-0.39, 0.29) is 10.7 Å². The van der Waals surface area contributed by atoms with E-state index in [0.717, 1.165) is 30.1 Å². The summed E-state index contributed by atoms with van der Waals surface area (Å²) >= 11 is 1.92. The van der Waals surface area contributed by atoms with Gasteiger partial charge in [-0.1, -0.05) is 0 Å². The van der Waals surface area contributed by atoms with Crippen LogP contribution in [0.5, 0.6) is 0 Å². The Balaban J connectivity index is 2.10. The number of carbonyl (C=O) groups is 1. The summed E-state index contributed by atoms with van der Waals surface area (Å²) in [5.41, 5.74) is 4.08. The van der Waals surface area contributed by atoms with Gasteiger partial charge in [-0.05, 0) is 38.1 Å². The Labute approximate surface area is 112 Å². The Bertz CT molecular complexity index is 430. The maximum atomic E-state index is 12.4. The molecule has 0 bridgehead atoms. The number of carbonyl (C=O) groups excluding carboxylic acids is 1. The zero-order valence-corrected chi connectivity index (χ0v) is 11.6. The molecular weight excluding hydrogens is 246 g/mol. The second-order valence-corrected chi connectivity index (χ2v) is 6.86. The van der Waals surface area contributed by atoms with Gasteiger partial charge in [-0.15, -0.1) is 0 Å². The Morgan fingerprint density at radius 2 is 2.06 bits per heavy atom. The first-order valence-electron chi connectivity index (χ1n) is 6.02. The van der Waals surface area contributed by atoms with Gasteiger partial charge in [-0.25, -0.2) is 0 Å². The summed E-state index contributed by atoms with van der Waals surface area (Å²) < 4.78 is 0.146. The molecule has 1 heterocycles. The van der Waals surface area contributed by atoms with E-state index < -0.39 is 0 Å². The van der Waals surface area contributed by atoms with Crippen molar-refractivity contribution >= 4 is 23.4 Å². The molecule has 0 radical (unpaired) electrons. The summed E-state index contributed by atoms with van der Waals surface area (Å²) in [5, 5.41) is 0. The molecule has 2 rings (SSSR count). The summed E-state index contributed by atoms with van der Waals surface area (Å²) in [5.74, 6) is 6.41. The van der Waals surface area contributed by atoms with Gasteiger partial charge in [0.05, 0.1) is 0 Å². The van der Waals surface area contributed by atoms with Crippen molar-refractivity contribution in [3.05, 3.63) is 29.8 Å². The molecule has 98 valence electrons. The van der Waals surface area contributed by atoms with Crippen molar-refractivity contribution in [2.24, 2.45) is 5.84 Å². The third-order valence-electron chi connectivity index (χ3n) is 3.01. The number of anilines is 1. The number of nitrogens with two attached hydrogens (primary N) is 1. The third-order valence-corrected chi connectivity index (χ3v) is 4.31. The molecule has 1 aliphatic heterocycles. The molecule has 1 amide bonds. The average Bonchev–Trinajstić information content (AvgIpc) is 2.37. The molecule has 5 heteroatoms. The van der Waals surface area contributed by atoms with Crippen molar-refractivity contribution in [1.82, 2.24) is 4.90 Å². The molecular formula is C13H19N3OS. The van der Waals surface area contributed by atoms with Crippen LogP contribution in [-0.2, 0) is 0 Å². The van der Waals surface area contributed by atoms with Crippen LogP contribution in [0.2, 0.25) is 0 Å². The highest BCUT2D eigenvalue weighted by Gasteiger charge is 2.30. The lowest BCUT2D eigenvalue weighted by Crippen LogP contribution is -2.46. The van der Waals surface area contributed by atoms with E-state index >= 15 is 0 Å². The lowest BCUT2D eigenvalue weighted by atomic mass is 10.1. The van der Waals surface area contributed by atoms with Gasteiger partial charge >= 0.3 is 0 Å². The van der Waals surface area contributed by atoms with Crippen LogP contribution in [0.3, 0.4) is 0 Å². The highest BCUT2D eigenvalue weighted by molar-refractivity contribution is 8.00. The van der Waals surface area contributed by atoms with Crippen LogP contribution in [0.4, 0.5) is 5.69 Å². The first kappa shape index (κ1) is 13.2. The van der Waals surface area contributed by atoms with E-state index in [1.807, 2.05) is 40.9 Å². The lowest BCUT2D eigenvalue weighted by Gasteiger charge is -2.37. The van der Waals surface area contributed by atoms with Crippen LogP contribution in [0.25, 0.3) is 0 Å². The fraction of sp³-hybridized carbons (Fsp3) is 0.462. The first-order valence-corrected chi connectivity index (χ1v) is 7.00. The molecule has 4 nitrogen and oxygen atoms in total. The van der Waals surface area contributed by atoms with Gasteiger partial charge in [0.1, 0.15) is 0 Å². The van der Waals surface area contributed by atoms with Crippen LogP contribution >= 0.6 is 11.8 Å². The van der Waals surface area contributed by atoms with E-state index in [0.29, 0.717) is 0 Å². The number of thioether (sulfide) groups is 1. The Hall–Kier alpha value is -1.20. The van der Waals surface area contributed by atoms with Gasteiger partial charge < -0.3 is 10.3 Å². The largest absolute Gasteiger partial charge is 0.336 e. The third kappa shape index (κ3) is 2.97. The standard InChI is InChI=1S/C13H19N3OS/c1-13(2)9-16(7-8-18-13)12(17)10-3-5-11(15-14)6-4-10/h3-6,15H,7-9,14H2,1-2H3. The fourth-order valence-electron chi connectivity index (χ4n) is 2.08. The number of nitrogen functional groups attached to an aromatic ring is 1. The van der Waals surface area contributed by atoms with Crippen molar-refractivity contribution in [3.8, 4) is 0 Å². The molecule has 1 fully saturated rings. The number of nitrogens with zero attached hydrogens (tertiary/aromatic N) is 1. The van der Waals surface area contributed by atoms with Crippen LogP contribution < -0.4 is 11.3 Å². The minimum atomic E-state index is 0.104. The summed E-state index contributed by atoms with van der Waals surface area (Å²) in [6.07, 6.45) is 0. The van der Waals surface area contributed by atoms with Gasteiger partial charge in [0.2, 0.25) is 0 Å². The van der Waals surface area contributed by atoms with Crippen molar-refractivity contribution < 1.29 is 4.79 Å². The number of rotatable bonds is 2. The van der Waals surface area contributed by atoms with Crippen LogP contribution in [0.15, 0.2) is 24.3 Å². The minimum Gasteiger partial charge on any atom is -0.336 e. The molecule has 1 aromatic rings. The molecule has 0 atom stereocenters. The van der Waals surface area contributed by atoms with Crippen LogP contribution in [0.1, 0.15) is 24.2 Å². The topological polar surface area (TPSA) is 58.4 Å².